The van der Waals surface area contributed by atoms with Crippen LogP contribution in [0.4, 0.5) is 11.5 Å². The van der Waals surface area contributed by atoms with Crippen LogP contribution in [0.15, 0.2) is 62.4 Å². The van der Waals surface area contributed by atoms with Crippen molar-refractivity contribution < 1.29 is 17.7 Å². The van der Waals surface area contributed by atoms with Gasteiger partial charge in [-0.05, 0) is 56.0 Å². The number of hydrogen-bond donors (Lipinski definition) is 2. The summed E-state index contributed by atoms with van der Waals surface area (Å²) in [5, 5.41) is 7.52. The summed E-state index contributed by atoms with van der Waals surface area (Å²) in [6, 6.07) is 7.22. The highest BCUT2D eigenvalue weighted by Crippen LogP contribution is 2.35. The predicted octanol–water partition coefficient (Wildman–Crippen LogP) is 3.96. The van der Waals surface area contributed by atoms with Crippen LogP contribution in [-0.2, 0) is 34.2 Å². The molecule has 0 unspecified atom stereocenters. The molecule has 0 radical (unpaired) electrons. The maximum absolute atomic E-state index is 13.2. The number of aromatic nitrogens is 3. The lowest BCUT2D eigenvalue weighted by molar-refractivity contribution is -0.113. The number of hydrogen-bond acceptors (Lipinski definition) is 9. The Morgan fingerprint density at radius 3 is 2.78 bits per heavy atom. The fraction of sp³-hybridized carbons (Fsp3) is 0.250. The zero-order valence-corrected chi connectivity index (χ0v) is 22.3. The topological polar surface area (TPSA) is 136 Å². The molecule has 0 aliphatic heterocycles. The lowest BCUT2D eigenvalue weighted by Gasteiger charge is -2.11. The first-order chi connectivity index (χ1) is 17.7. The summed E-state index contributed by atoms with van der Waals surface area (Å²) >= 11 is 2.73. The molecule has 3 heterocycles. The number of nitrogens with one attached hydrogen (secondary N) is 2. The third kappa shape index (κ3) is 5.20. The van der Waals surface area contributed by atoms with E-state index < -0.39 is 10.0 Å². The van der Waals surface area contributed by atoms with Crippen molar-refractivity contribution in [2.24, 2.45) is 0 Å². The van der Waals surface area contributed by atoms with Gasteiger partial charge < -0.3 is 9.84 Å². The summed E-state index contributed by atoms with van der Waals surface area (Å²) < 4.78 is 33.8. The van der Waals surface area contributed by atoms with Gasteiger partial charge >= 0.3 is 0 Å². The predicted molar refractivity (Wildman–Crippen MR) is 144 cm³/mol. The van der Waals surface area contributed by atoms with Crippen molar-refractivity contribution in [3.63, 3.8) is 0 Å². The van der Waals surface area contributed by atoms with Gasteiger partial charge in [0.05, 0.1) is 16.0 Å². The van der Waals surface area contributed by atoms with Crippen LogP contribution in [-0.4, -0.2) is 34.8 Å². The van der Waals surface area contributed by atoms with E-state index in [0.717, 1.165) is 24.8 Å². The molecule has 0 bridgehead atoms. The van der Waals surface area contributed by atoms with Gasteiger partial charge in [-0.1, -0.05) is 23.0 Å². The second-order valence-corrected chi connectivity index (χ2v) is 12.1. The van der Waals surface area contributed by atoms with Crippen molar-refractivity contribution >= 4 is 60.8 Å². The summed E-state index contributed by atoms with van der Waals surface area (Å²) in [5.41, 5.74) is 1.45. The number of nitrogens with zero attached hydrogens (tertiary/aromatic N) is 3. The Morgan fingerprint density at radius 1 is 1.30 bits per heavy atom. The number of fused-ring (bicyclic) bond motifs is 3. The van der Waals surface area contributed by atoms with Gasteiger partial charge in [0, 0.05) is 23.2 Å². The molecular weight excluding hydrogens is 534 g/mol. The highest BCUT2D eigenvalue weighted by molar-refractivity contribution is 7.99. The van der Waals surface area contributed by atoms with Gasteiger partial charge in [0.2, 0.25) is 5.91 Å². The van der Waals surface area contributed by atoms with Crippen LogP contribution >= 0.6 is 23.1 Å². The van der Waals surface area contributed by atoms with Crippen molar-refractivity contribution in [3.8, 4) is 0 Å². The normalized spacial score (nSPS) is 13.0. The molecule has 3 aromatic heterocycles. The van der Waals surface area contributed by atoms with Crippen LogP contribution in [0.1, 0.15) is 22.6 Å². The van der Waals surface area contributed by atoms with E-state index in [0.29, 0.717) is 33.4 Å². The fourth-order valence-electron chi connectivity index (χ4n) is 4.11. The molecule has 1 aromatic carbocycles. The van der Waals surface area contributed by atoms with Gasteiger partial charge in [0.1, 0.15) is 10.6 Å². The summed E-state index contributed by atoms with van der Waals surface area (Å²) in [6.07, 6.45) is 4.56. The molecule has 37 heavy (non-hydrogen) atoms. The molecule has 1 aliphatic rings. The van der Waals surface area contributed by atoms with Crippen LogP contribution in [0.5, 0.6) is 0 Å². The molecule has 5 rings (SSSR count). The molecule has 13 heteroatoms. The van der Waals surface area contributed by atoms with E-state index in [1.165, 1.54) is 47.0 Å². The van der Waals surface area contributed by atoms with E-state index in [9.17, 15) is 18.0 Å². The molecule has 0 saturated carbocycles. The van der Waals surface area contributed by atoms with E-state index in [1.807, 2.05) is 0 Å². The minimum absolute atomic E-state index is 0.00863. The van der Waals surface area contributed by atoms with E-state index in [4.69, 9.17) is 9.51 Å². The van der Waals surface area contributed by atoms with Gasteiger partial charge in [0.25, 0.3) is 15.6 Å². The summed E-state index contributed by atoms with van der Waals surface area (Å²) in [6.45, 7) is 5.70. The van der Waals surface area contributed by atoms with Crippen molar-refractivity contribution in [2.45, 2.75) is 42.8 Å². The number of carbonyl (C=O) groups excluding carboxylic acids is 1. The average molecular weight is 558 g/mol. The number of rotatable bonds is 9. The van der Waals surface area contributed by atoms with Crippen LogP contribution in [0.2, 0.25) is 0 Å². The second kappa shape index (κ2) is 10.1. The number of anilines is 2. The first-order valence-electron chi connectivity index (χ1n) is 11.4. The van der Waals surface area contributed by atoms with Gasteiger partial charge in [-0.15, -0.1) is 17.9 Å². The molecule has 10 nitrogen and oxygen atoms in total. The molecule has 2 N–H and O–H groups in total. The van der Waals surface area contributed by atoms with Gasteiger partial charge in [-0.2, -0.15) is 0 Å². The number of thiophene rings is 1. The zero-order valence-electron chi connectivity index (χ0n) is 19.8. The molecule has 192 valence electrons. The average Bonchev–Trinajstić information content (AvgIpc) is 3.56. The van der Waals surface area contributed by atoms with Crippen LogP contribution in [0.3, 0.4) is 0 Å². The Balaban J connectivity index is 1.27. The van der Waals surface area contributed by atoms with E-state index in [1.54, 1.807) is 28.9 Å². The first kappa shape index (κ1) is 25.2. The molecule has 1 aliphatic carbocycles. The fourth-order valence-corrected chi connectivity index (χ4v) is 7.21. The number of thioether (sulfide) groups is 1. The Morgan fingerprint density at radius 2 is 2.08 bits per heavy atom. The van der Waals surface area contributed by atoms with Crippen molar-refractivity contribution in [2.75, 3.05) is 15.8 Å². The van der Waals surface area contributed by atoms with E-state index in [-0.39, 0.29) is 27.9 Å². The third-order valence-corrected chi connectivity index (χ3v) is 9.28. The van der Waals surface area contributed by atoms with Crippen LogP contribution in [0.25, 0.3) is 10.2 Å². The Kier molecular flexibility index (Phi) is 6.92. The Bertz CT molecular complexity index is 1670. The number of benzene rings is 1. The SMILES string of the molecule is C=CCn1c(SCC(=O)Nc2ccc(S(=O)(=O)Nc3cc(C)on3)cc2)nc2sc3c(c2c1=O)CCC3. The minimum Gasteiger partial charge on any atom is -0.360 e. The third-order valence-electron chi connectivity index (χ3n) is 5.75. The molecule has 0 atom stereocenters. The molecular formula is C24H23N5O5S3. The first-order valence-corrected chi connectivity index (χ1v) is 14.7. The number of amides is 1. The highest BCUT2D eigenvalue weighted by atomic mass is 32.2. The highest BCUT2D eigenvalue weighted by Gasteiger charge is 2.23. The number of allylic oxidation sites excluding steroid dienone is 1. The van der Waals surface area contributed by atoms with Crippen molar-refractivity contribution in [1.82, 2.24) is 14.7 Å². The summed E-state index contributed by atoms with van der Waals surface area (Å²) in [7, 11) is -3.86. The lowest BCUT2D eigenvalue weighted by Crippen LogP contribution is -2.24. The number of carbonyl (C=O) groups is 1. The molecule has 0 saturated heterocycles. The molecule has 0 spiro atoms. The largest absolute Gasteiger partial charge is 0.360 e. The maximum Gasteiger partial charge on any atom is 0.263 e. The molecule has 0 fully saturated rings. The van der Waals surface area contributed by atoms with Gasteiger partial charge in [-0.25, -0.2) is 13.4 Å². The Hall–Kier alpha value is -3.42. The molecule has 4 aromatic rings. The lowest BCUT2D eigenvalue weighted by atomic mass is 10.2. The quantitative estimate of drug-likeness (QED) is 0.179. The molecule has 1 amide bonds. The minimum atomic E-state index is -3.86. The smallest absolute Gasteiger partial charge is 0.263 e. The maximum atomic E-state index is 13.2. The van der Waals surface area contributed by atoms with Crippen molar-refractivity contribution in [3.05, 3.63) is 69.5 Å². The standard InChI is InChI=1S/C24H23N5O5S3/c1-3-11-29-23(31)21-17-5-4-6-18(17)36-22(21)26-24(29)35-13-20(30)25-15-7-9-16(10-8-15)37(32,33)28-19-12-14(2)34-27-19/h3,7-10,12H,1,4-6,11,13H2,2H3,(H,25,30)(H,27,28). The van der Waals surface area contributed by atoms with Gasteiger partial charge in [0.15, 0.2) is 11.0 Å². The second-order valence-electron chi connectivity index (χ2n) is 8.43. The van der Waals surface area contributed by atoms with Crippen molar-refractivity contribution in [1.29, 1.82) is 0 Å². The monoisotopic (exact) mass is 557 g/mol. The van der Waals surface area contributed by atoms with Gasteiger partial charge in [-0.3, -0.25) is 18.9 Å². The number of aryl methyl sites for hydroxylation is 3. The van der Waals surface area contributed by atoms with E-state index >= 15 is 0 Å². The summed E-state index contributed by atoms with van der Waals surface area (Å²) in [4.78, 5) is 32.5. The van der Waals surface area contributed by atoms with Crippen LogP contribution in [0, 0.1) is 6.92 Å². The van der Waals surface area contributed by atoms with E-state index in [2.05, 4.69) is 21.8 Å². The number of sulfonamides is 1. The Labute approximate surface area is 220 Å². The zero-order chi connectivity index (χ0) is 26.2. The van der Waals surface area contributed by atoms with Crippen LogP contribution < -0.4 is 15.6 Å². The summed E-state index contributed by atoms with van der Waals surface area (Å²) in [5.74, 6) is 0.267.